The average Bonchev–Trinajstić information content (AvgIpc) is 3.21. The van der Waals surface area contributed by atoms with Crippen molar-refractivity contribution in [3.63, 3.8) is 0 Å². The summed E-state index contributed by atoms with van der Waals surface area (Å²) in [4.78, 5) is 27.7. The SMILES string of the molecule is COc1ccc2c(Cl)c(C(=O)OCC(=O)N(Cc3ccccc3)Cc3ccccc3)sc2c1Cl. The van der Waals surface area contributed by atoms with Crippen molar-refractivity contribution in [1.29, 1.82) is 0 Å². The highest BCUT2D eigenvalue weighted by atomic mass is 35.5. The number of methoxy groups -OCH3 is 1. The second-order valence-corrected chi connectivity index (χ2v) is 9.28. The molecule has 1 amide bonds. The van der Waals surface area contributed by atoms with Gasteiger partial charge in [-0.2, -0.15) is 0 Å². The van der Waals surface area contributed by atoms with Gasteiger partial charge in [0.1, 0.15) is 15.6 Å². The third-order valence-corrected chi connectivity index (χ3v) is 7.41. The van der Waals surface area contributed by atoms with E-state index >= 15 is 0 Å². The molecule has 0 aliphatic heterocycles. The molecule has 8 heteroatoms. The summed E-state index contributed by atoms with van der Waals surface area (Å²) >= 11 is 13.9. The largest absolute Gasteiger partial charge is 0.495 e. The fourth-order valence-corrected chi connectivity index (χ4v) is 5.27. The molecule has 0 aliphatic rings. The van der Waals surface area contributed by atoms with Crippen LogP contribution in [0.25, 0.3) is 10.1 Å². The molecule has 0 N–H and O–H groups in total. The second kappa shape index (κ2) is 10.9. The lowest BCUT2D eigenvalue weighted by Crippen LogP contribution is -2.33. The summed E-state index contributed by atoms with van der Waals surface area (Å²) < 4.78 is 11.2. The quantitative estimate of drug-likeness (QED) is 0.249. The maximum absolute atomic E-state index is 13.1. The van der Waals surface area contributed by atoms with Crippen LogP contribution in [-0.4, -0.2) is 30.5 Å². The monoisotopic (exact) mass is 513 g/mol. The van der Waals surface area contributed by atoms with Crippen molar-refractivity contribution in [3.8, 4) is 5.75 Å². The summed E-state index contributed by atoms with van der Waals surface area (Å²) in [7, 11) is 1.51. The molecule has 1 aromatic heterocycles. The van der Waals surface area contributed by atoms with E-state index in [0.717, 1.165) is 22.5 Å². The fourth-order valence-electron chi connectivity index (χ4n) is 3.49. The normalized spacial score (nSPS) is 10.8. The number of esters is 1. The number of rotatable bonds is 8. The number of ether oxygens (including phenoxy) is 2. The third-order valence-electron chi connectivity index (χ3n) is 5.22. The highest BCUT2D eigenvalue weighted by Crippen LogP contribution is 2.43. The molecule has 0 unspecified atom stereocenters. The van der Waals surface area contributed by atoms with Gasteiger partial charge in [-0.05, 0) is 23.3 Å². The van der Waals surface area contributed by atoms with Gasteiger partial charge in [-0.1, -0.05) is 83.9 Å². The molecular weight excluding hydrogens is 493 g/mol. The topological polar surface area (TPSA) is 55.8 Å². The number of fused-ring (bicyclic) bond motifs is 1. The van der Waals surface area contributed by atoms with Crippen molar-refractivity contribution < 1.29 is 19.1 Å². The van der Waals surface area contributed by atoms with Gasteiger partial charge >= 0.3 is 5.97 Å². The predicted molar refractivity (Wildman–Crippen MR) is 136 cm³/mol. The third kappa shape index (κ3) is 5.36. The summed E-state index contributed by atoms with van der Waals surface area (Å²) in [6.45, 7) is 0.385. The summed E-state index contributed by atoms with van der Waals surface area (Å²) in [5.41, 5.74) is 1.96. The Morgan fingerprint density at radius 2 is 1.44 bits per heavy atom. The Kier molecular flexibility index (Phi) is 7.73. The van der Waals surface area contributed by atoms with E-state index in [1.165, 1.54) is 7.11 Å². The van der Waals surface area contributed by atoms with Gasteiger partial charge in [0.15, 0.2) is 6.61 Å². The Morgan fingerprint density at radius 3 is 2.00 bits per heavy atom. The van der Waals surface area contributed by atoms with E-state index in [-0.39, 0.29) is 15.8 Å². The molecule has 0 spiro atoms. The zero-order valence-corrected chi connectivity index (χ0v) is 20.6. The molecule has 0 saturated heterocycles. The highest BCUT2D eigenvalue weighted by Gasteiger charge is 2.23. The standard InChI is InChI=1S/C26H21Cl2NO4S/c1-32-20-13-12-19-22(27)25(34-24(19)23(20)28)26(31)33-16-21(30)29(14-17-8-4-2-5-9-17)15-18-10-6-3-7-11-18/h2-13H,14-16H2,1H3. The molecule has 174 valence electrons. The van der Waals surface area contributed by atoms with Crippen LogP contribution in [0.5, 0.6) is 5.75 Å². The summed E-state index contributed by atoms with van der Waals surface area (Å²) in [6.07, 6.45) is 0. The van der Waals surface area contributed by atoms with Gasteiger partial charge in [0.05, 0.1) is 16.8 Å². The fraction of sp³-hybridized carbons (Fsp3) is 0.154. The number of benzene rings is 3. The number of hydrogen-bond donors (Lipinski definition) is 0. The number of carbonyl (C=O) groups is 2. The van der Waals surface area contributed by atoms with E-state index < -0.39 is 12.6 Å². The van der Waals surface area contributed by atoms with Crippen LogP contribution in [0, 0.1) is 0 Å². The van der Waals surface area contributed by atoms with E-state index in [1.807, 2.05) is 60.7 Å². The number of hydrogen-bond acceptors (Lipinski definition) is 5. The summed E-state index contributed by atoms with van der Waals surface area (Å²) in [6, 6.07) is 22.8. The number of amides is 1. The van der Waals surface area contributed by atoms with Gasteiger partial charge in [-0.3, -0.25) is 4.79 Å². The Morgan fingerprint density at radius 1 is 0.853 bits per heavy atom. The van der Waals surface area contributed by atoms with Crippen molar-refractivity contribution in [1.82, 2.24) is 4.90 Å². The van der Waals surface area contributed by atoms with Crippen molar-refractivity contribution >= 4 is 56.5 Å². The van der Waals surface area contributed by atoms with Gasteiger partial charge in [-0.25, -0.2) is 4.79 Å². The van der Waals surface area contributed by atoms with Crippen LogP contribution in [0.4, 0.5) is 0 Å². The van der Waals surface area contributed by atoms with E-state index in [0.29, 0.717) is 33.9 Å². The lowest BCUT2D eigenvalue weighted by molar-refractivity contribution is -0.135. The van der Waals surface area contributed by atoms with Gasteiger partial charge in [-0.15, -0.1) is 11.3 Å². The van der Waals surface area contributed by atoms with Gasteiger partial charge in [0.25, 0.3) is 5.91 Å². The lowest BCUT2D eigenvalue weighted by Gasteiger charge is -2.23. The first-order chi connectivity index (χ1) is 16.5. The minimum Gasteiger partial charge on any atom is -0.495 e. The van der Waals surface area contributed by atoms with Crippen molar-refractivity contribution in [2.45, 2.75) is 13.1 Å². The molecule has 0 radical (unpaired) electrons. The van der Waals surface area contributed by atoms with Crippen LogP contribution in [0.3, 0.4) is 0 Å². The van der Waals surface area contributed by atoms with E-state index in [4.69, 9.17) is 32.7 Å². The molecule has 0 atom stereocenters. The van der Waals surface area contributed by atoms with E-state index in [1.54, 1.807) is 17.0 Å². The zero-order chi connectivity index (χ0) is 24.1. The molecule has 0 bridgehead atoms. The number of halogens is 2. The first-order valence-corrected chi connectivity index (χ1v) is 12.0. The molecule has 3 aromatic carbocycles. The number of thiophene rings is 1. The average molecular weight is 514 g/mol. The first kappa shape index (κ1) is 24.1. The van der Waals surface area contributed by atoms with Gasteiger partial charge < -0.3 is 14.4 Å². The Balaban J connectivity index is 1.50. The minimum absolute atomic E-state index is 0.192. The molecule has 0 aliphatic carbocycles. The summed E-state index contributed by atoms with van der Waals surface area (Å²) in [5, 5.41) is 1.25. The van der Waals surface area contributed by atoms with Crippen LogP contribution in [0.1, 0.15) is 20.8 Å². The lowest BCUT2D eigenvalue weighted by atomic mass is 10.1. The van der Waals surface area contributed by atoms with Gasteiger partial charge in [0, 0.05) is 18.5 Å². The Hall–Kier alpha value is -3.06. The molecular formula is C26H21Cl2NO4S. The smallest absolute Gasteiger partial charge is 0.350 e. The molecule has 4 rings (SSSR count). The molecule has 34 heavy (non-hydrogen) atoms. The Labute approximate surface area is 211 Å². The first-order valence-electron chi connectivity index (χ1n) is 10.4. The maximum Gasteiger partial charge on any atom is 0.350 e. The number of carbonyl (C=O) groups excluding carboxylic acids is 2. The second-order valence-electron chi connectivity index (χ2n) is 7.50. The van der Waals surface area contributed by atoms with Crippen LogP contribution in [0.2, 0.25) is 10.0 Å². The minimum atomic E-state index is -0.672. The molecule has 4 aromatic rings. The Bertz CT molecular complexity index is 1270. The highest BCUT2D eigenvalue weighted by molar-refractivity contribution is 7.22. The molecule has 5 nitrogen and oxygen atoms in total. The van der Waals surface area contributed by atoms with Crippen LogP contribution in [-0.2, 0) is 22.6 Å². The zero-order valence-electron chi connectivity index (χ0n) is 18.3. The predicted octanol–water partition coefficient (Wildman–Crippen LogP) is 6.60. The summed E-state index contributed by atoms with van der Waals surface area (Å²) in [5.74, 6) is -0.494. The van der Waals surface area contributed by atoms with E-state index in [2.05, 4.69) is 0 Å². The van der Waals surface area contributed by atoms with Crippen molar-refractivity contribution in [2.75, 3.05) is 13.7 Å². The molecule has 0 fully saturated rings. The molecule has 1 heterocycles. The molecule has 0 saturated carbocycles. The van der Waals surface area contributed by atoms with Crippen LogP contribution >= 0.6 is 34.5 Å². The van der Waals surface area contributed by atoms with Crippen LogP contribution < -0.4 is 4.74 Å². The van der Waals surface area contributed by atoms with Crippen molar-refractivity contribution in [3.05, 3.63) is 98.8 Å². The number of nitrogens with zero attached hydrogens (tertiary/aromatic N) is 1. The van der Waals surface area contributed by atoms with Crippen molar-refractivity contribution in [2.24, 2.45) is 0 Å². The van der Waals surface area contributed by atoms with E-state index in [9.17, 15) is 9.59 Å². The maximum atomic E-state index is 13.1. The van der Waals surface area contributed by atoms with Gasteiger partial charge in [0.2, 0.25) is 0 Å². The van der Waals surface area contributed by atoms with Crippen LogP contribution in [0.15, 0.2) is 72.8 Å².